The van der Waals surface area contributed by atoms with E-state index in [1.807, 2.05) is 0 Å². The molecular weight excluding hydrogens is 661 g/mol. The highest BCUT2D eigenvalue weighted by molar-refractivity contribution is 9.10. The van der Waals surface area contributed by atoms with Crippen LogP contribution in [0.25, 0.3) is 11.3 Å². The predicted molar refractivity (Wildman–Crippen MR) is 168 cm³/mol. The molecule has 3 aromatic rings. The molecule has 1 aliphatic heterocycles. The van der Waals surface area contributed by atoms with Gasteiger partial charge in [0, 0.05) is 46.8 Å². The Morgan fingerprint density at radius 2 is 1.96 bits per heavy atom. The van der Waals surface area contributed by atoms with Crippen LogP contribution in [0.4, 0.5) is 4.39 Å². The van der Waals surface area contributed by atoms with Crippen molar-refractivity contribution < 1.29 is 37.7 Å². The van der Waals surface area contributed by atoms with Gasteiger partial charge in [-0.3, -0.25) is 9.78 Å². The largest absolute Gasteiger partial charge is 0.482 e. The van der Waals surface area contributed by atoms with Crippen molar-refractivity contribution in [1.29, 1.82) is 0 Å². The highest BCUT2D eigenvalue weighted by atomic mass is 79.9. The maximum Gasteiger partial charge on any atom is 0.345 e. The number of carbonyl (C=O) groups is 2. The lowest BCUT2D eigenvalue weighted by Crippen LogP contribution is -2.70. The minimum atomic E-state index is -1.35. The summed E-state index contributed by atoms with van der Waals surface area (Å²) in [6.45, 7) is 9.48. The standard InChI is InChI=1S/C35H37BrFNO8/c1-18-10-11-33(3)26(34(18,4)17-43-19(2)39)15-27(45-31(41)22-9-8-21(36)13-23(22)37)35(5)30(33)29(40)28-25(46-35)14-24(44-32(28)42)20-7-6-12-38-16-20/h6-9,12-14,16,18,26-27,29-30,40H,10-11,15,17H2,1-5H3/t18-,26?,27-,29-,30?,33-,34?,35+/m0/s1. The molecule has 2 aromatic heterocycles. The minimum Gasteiger partial charge on any atom is -0.482 e. The number of carbonyl (C=O) groups excluding carboxylic acids is 2. The highest BCUT2D eigenvalue weighted by Crippen LogP contribution is 2.68. The SMILES string of the molecule is CC(=O)OCC1(C)C2C[C@H](OC(=O)c3ccc(Br)cc3F)[C@@]3(C)Oc4cc(-c5cccnc5)oc(=O)c4[C@H](O)C3[C@@]2(C)CC[C@@H]1C. The zero-order valence-corrected chi connectivity index (χ0v) is 27.9. The van der Waals surface area contributed by atoms with Gasteiger partial charge in [-0.25, -0.2) is 14.0 Å². The molecule has 1 aromatic carbocycles. The molecule has 1 N–H and O–H groups in total. The van der Waals surface area contributed by atoms with Gasteiger partial charge in [-0.05, 0) is 73.8 Å². The van der Waals surface area contributed by atoms with E-state index in [0.29, 0.717) is 16.5 Å². The van der Waals surface area contributed by atoms with E-state index in [4.69, 9.17) is 18.6 Å². The van der Waals surface area contributed by atoms with Gasteiger partial charge >= 0.3 is 17.6 Å². The fourth-order valence-electron chi connectivity index (χ4n) is 8.55. The fraction of sp³-hybridized carbons (Fsp3) is 0.486. The molecule has 3 aliphatic rings. The van der Waals surface area contributed by atoms with Gasteiger partial charge in [0.05, 0.1) is 18.3 Å². The third-order valence-corrected chi connectivity index (χ3v) is 11.6. The minimum absolute atomic E-state index is 0.0127. The van der Waals surface area contributed by atoms with Gasteiger partial charge in [0.2, 0.25) is 0 Å². The van der Waals surface area contributed by atoms with Gasteiger partial charge in [-0.2, -0.15) is 0 Å². The van der Waals surface area contributed by atoms with Crippen LogP contribution in [-0.4, -0.2) is 40.3 Å². The number of pyridine rings is 1. The molecule has 0 saturated heterocycles. The Bertz CT molecular complexity index is 1750. The zero-order chi connectivity index (χ0) is 33.2. The molecule has 11 heteroatoms. The topological polar surface area (TPSA) is 125 Å². The van der Waals surface area contributed by atoms with E-state index >= 15 is 0 Å². The fourth-order valence-corrected chi connectivity index (χ4v) is 8.88. The van der Waals surface area contributed by atoms with Gasteiger partial charge in [-0.1, -0.05) is 36.7 Å². The van der Waals surface area contributed by atoms with Crippen LogP contribution in [0.2, 0.25) is 0 Å². The van der Waals surface area contributed by atoms with Gasteiger partial charge in [0.1, 0.15) is 34.6 Å². The van der Waals surface area contributed by atoms with Crippen molar-refractivity contribution in [2.75, 3.05) is 6.61 Å². The van der Waals surface area contributed by atoms with Crippen LogP contribution in [0.15, 0.2) is 62.5 Å². The molecule has 3 unspecified atom stereocenters. The van der Waals surface area contributed by atoms with E-state index in [-0.39, 0.29) is 47.5 Å². The summed E-state index contributed by atoms with van der Waals surface area (Å²) < 4.78 is 39.7. The van der Waals surface area contributed by atoms with Crippen molar-refractivity contribution >= 4 is 27.9 Å². The molecule has 0 spiro atoms. The molecule has 244 valence electrons. The lowest BCUT2D eigenvalue weighted by Gasteiger charge is -2.66. The first-order valence-corrected chi connectivity index (χ1v) is 16.2. The van der Waals surface area contributed by atoms with Gasteiger partial charge < -0.3 is 23.7 Å². The van der Waals surface area contributed by atoms with Crippen molar-refractivity contribution in [2.24, 2.45) is 28.6 Å². The maximum absolute atomic E-state index is 15.0. The maximum atomic E-state index is 15.0. The lowest BCUT2D eigenvalue weighted by molar-refractivity contribution is -0.257. The molecule has 46 heavy (non-hydrogen) atoms. The Balaban J connectivity index is 1.50. The number of aromatic nitrogens is 1. The Kier molecular flexibility index (Phi) is 8.16. The molecule has 0 bridgehead atoms. The van der Waals surface area contributed by atoms with Crippen LogP contribution in [0, 0.1) is 34.4 Å². The zero-order valence-electron chi connectivity index (χ0n) is 26.3. The van der Waals surface area contributed by atoms with E-state index in [1.54, 1.807) is 43.6 Å². The van der Waals surface area contributed by atoms with E-state index in [1.165, 1.54) is 19.1 Å². The van der Waals surface area contributed by atoms with Gasteiger partial charge in [-0.15, -0.1) is 0 Å². The first kappa shape index (κ1) is 32.4. The Morgan fingerprint density at radius 3 is 2.63 bits per heavy atom. The number of esters is 2. The van der Waals surface area contributed by atoms with E-state index < -0.39 is 57.9 Å². The Hall–Kier alpha value is -3.57. The van der Waals surface area contributed by atoms with Crippen LogP contribution in [0.5, 0.6) is 5.75 Å². The van der Waals surface area contributed by atoms with Crippen molar-refractivity contribution in [2.45, 2.75) is 71.7 Å². The third-order valence-electron chi connectivity index (χ3n) is 11.1. The average molecular weight is 699 g/mol. The molecule has 2 saturated carbocycles. The predicted octanol–water partition coefficient (Wildman–Crippen LogP) is 6.66. The van der Waals surface area contributed by atoms with Crippen molar-refractivity contribution in [3.05, 3.63) is 80.6 Å². The second kappa shape index (κ2) is 11.6. The van der Waals surface area contributed by atoms with Crippen molar-refractivity contribution in [1.82, 2.24) is 4.98 Å². The van der Waals surface area contributed by atoms with Crippen LogP contribution in [-0.2, 0) is 14.3 Å². The normalized spacial score (nSPS) is 33.1. The first-order chi connectivity index (χ1) is 21.7. The van der Waals surface area contributed by atoms with Crippen LogP contribution in [0.1, 0.15) is 75.9 Å². The number of rotatable bonds is 5. The number of nitrogens with zero attached hydrogens (tertiary/aromatic N) is 1. The second-order valence-electron chi connectivity index (χ2n) is 13.7. The number of hydrogen-bond acceptors (Lipinski definition) is 9. The van der Waals surface area contributed by atoms with Crippen molar-refractivity contribution in [3.63, 3.8) is 0 Å². The molecule has 2 fully saturated rings. The summed E-state index contributed by atoms with van der Waals surface area (Å²) in [5.74, 6) is -2.62. The molecule has 8 atom stereocenters. The smallest absolute Gasteiger partial charge is 0.345 e. The number of aliphatic hydroxyl groups is 1. The average Bonchev–Trinajstić information content (AvgIpc) is 2.99. The summed E-state index contributed by atoms with van der Waals surface area (Å²) >= 11 is 3.22. The summed E-state index contributed by atoms with van der Waals surface area (Å²) in [6, 6.07) is 9.08. The Morgan fingerprint density at radius 1 is 1.20 bits per heavy atom. The highest BCUT2D eigenvalue weighted by Gasteiger charge is 2.70. The number of hydrogen-bond donors (Lipinski definition) is 1. The summed E-state index contributed by atoms with van der Waals surface area (Å²) in [5, 5.41) is 12.2. The molecule has 0 radical (unpaired) electrons. The lowest BCUT2D eigenvalue weighted by atomic mass is 9.41. The Labute approximate surface area is 274 Å². The van der Waals surface area contributed by atoms with Crippen molar-refractivity contribution in [3.8, 4) is 17.1 Å². The van der Waals surface area contributed by atoms with Gasteiger partial charge in [0.15, 0.2) is 0 Å². The first-order valence-electron chi connectivity index (χ1n) is 15.4. The summed E-state index contributed by atoms with van der Waals surface area (Å²) in [7, 11) is 0. The quantitative estimate of drug-likeness (QED) is 0.292. The molecule has 2 aliphatic carbocycles. The summed E-state index contributed by atoms with van der Waals surface area (Å²) in [6.07, 6.45) is 2.53. The van der Waals surface area contributed by atoms with Crippen LogP contribution < -0.4 is 10.4 Å². The van der Waals surface area contributed by atoms with E-state index in [0.717, 1.165) is 6.42 Å². The molecule has 9 nitrogen and oxygen atoms in total. The number of fused-ring (bicyclic) bond motifs is 4. The molecule has 6 rings (SSSR count). The van der Waals surface area contributed by atoms with E-state index in [9.17, 15) is 23.9 Å². The van der Waals surface area contributed by atoms with E-state index in [2.05, 4.69) is 41.7 Å². The molecular formula is C35H37BrFNO8. The number of aliphatic hydroxyl groups excluding tert-OH is 1. The summed E-state index contributed by atoms with van der Waals surface area (Å²) in [4.78, 5) is 43.3. The van der Waals surface area contributed by atoms with Crippen LogP contribution >= 0.6 is 15.9 Å². The summed E-state index contributed by atoms with van der Waals surface area (Å²) in [5.41, 5.74) is -3.04. The number of ether oxygens (including phenoxy) is 3. The monoisotopic (exact) mass is 697 g/mol. The van der Waals surface area contributed by atoms with Gasteiger partial charge in [0.25, 0.3) is 0 Å². The molecule has 0 amide bonds. The number of benzene rings is 1. The van der Waals surface area contributed by atoms with Crippen LogP contribution in [0.3, 0.4) is 0 Å². The second-order valence-corrected chi connectivity index (χ2v) is 14.6. The third kappa shape index (κ3) is 5.15. The number of halogens is 2. The molecule has 3 heterocycles.